The van der Waals surface area contributed by atoms with Gasteiger partial charge >= 0.3 is 5.97 Å². The van der Waals surface area contributed by atoms with Gasteiger partial charge in [0, 0.05) is 12.6 Å². The molecule has 1 aromatic carbocycles. The largest absolute Gasteiger partial charge is 0.491 e. The number of para-hydroxylation sites is 2. The maximum atomic E-state index is 12.3. The maximum absolute atomic E-state index is 12.3. The van der Waals surface area contributed by atoms with E-state index in [0.717, 1.165) is 19.3 Å². The molecule has 7 nitrogen and oxygen atoms in total. The fourth-order valence-electron chi connectivity index (χ4n) is 3.36. The second-order valence-corrected chi connectivity index (χ2v) is 6.64. The van der Waals surface area contributed by atoms with E-state index in [1.54, 1.807) is 23.1 Å². The van der Waals surface area contributed by atoms with Crippen LogP contribution in [0.15, 0.2) is 24.3 Å². The van der Waals surface area contributed by atoms with Crippen LogP contribution < -0.4 is 9.64 Å². The highest BCUT2D eigenvalue weighted by atomic mass is 16.5. The lowest BCUT2D eigenvalue weighted by atomic mass is 10.0. The number of piperidine rings is 1. The Balaban J connectivity index is 1.59. The van der Waals surface area contributed by atoms with E-state index in [9.17, 15) is 14.4 Å². The van der Waals surface area contributed by atoms with Gasteiger partial charge < -0.3 is 14.4 Å². The zero-order valence-electron chi connectivity index (χ0n) is 15.0. The van der Waals surface area contributed by atoms with Gasteiger partial charge in [0.15, 0.2) is 6.61 Å². The molecular formula is C19H24N2O5. The monoisotopic (exact) mass is 360 g/mol. The van der Waals surface area contributed by atoms with Gasteiger partial charge in [-0.05, 0) is 38.3 Å². The molecule has 26 heavy (non-hydrogen) atoms. The van der Waals surface area contributed by atoms with Gasteiger partial charge in [0.2, 0.25) is 5.91 Å². The summed E-state index contributed by atoms with van der Waals surface area (Å²) >= 11 is 0. The lowest BCUT2D eigenvalue weighted by molar-refractivity contribution is -0.152. The van der Waals surface area contributed by atoms with Crippen LogP contribution >= 0.6 is 0 Å². The number of anilines is 1. The average Bonchev–Trinajstić information content (AvgIpc) is 2.79. The molecule has 0 aromatic heterocycles. The van der Waals surface area contributed by atoms with Crippen molar-refractivity contribution in [3.63, 3.8) is 0 Å². The fraction of sp³-hybridized carbons (Fsp3) is 0.526. The molecule has 0 unspecified atom stereocenters. The molecule has 2 aliphatic rings. The van der Waals surface area contributed by atoms with E-state index in [2.05, 4.69) is 0 Å². The second-order valence-electron chi connectivity index (χ2n) is 6.64. The number of ether oxygens (including phenoxy) is 2. The SMILES string of the molecule is C[C@@H]1CCCCN1C(=O)COC(=O)CN1C(=O)CCOc2ccccc21. The van der Waals surface area contributed by atoms with Crippen LogP contribution in [0.25, 0.3) is 0 Å². The smallest absolute Gasteiger partial charge is 0.326 e. The highest BCUT2D eigenvalue weighted by Gasteiger charge is 2.27. The second kappa shape index (κ2) is 8.21. The summed E-state index contributed by atoms with van der Waals surface area (Å²) in [6.45, 7) is 2.46. The van der Waals surface area contributed by atoms with E-state index in [-0.39, 0.29) is 44.0 Å². The van der Waals surface area contributed by atoms with Crippen molar-refractivity contribution in [1.29, 1.82) is 0 Å². The molecule has 1 saturated heterocycles. The van der Waals surface area contributed by atoms with E-state index in [4.69, 9.17) is 9.47 Å². The van der Waals surface area contributed by atoms with Gasteiger partial charge in [-0.15, -0.1) is 0 Å². The first-order valence-electron chi connectivity index (χ1n) is 9.03. The molecule has 1 fully saturated rings. The molecule has 3 rings (SSSR count). The average molecular weight is 360 g/mol. The highest BCUT2D eigenvalue weighted by molar-refractivity contribution is 5.99. The molecule has 1 atom stereocenters. The summed E-state index contributed by atoms with van der Waals surface area (Å²) in [5.74, 6) is -0.434. The molecule has 0 saturated carbocycles. The zero-order chi connectivity index (χ0) is 18.5. The van der Waals surface area contributed by atoms with Crippen molar-refractivity contribution in [2.75, 3.05) is 31.2 Å². The Morgan fingerprint density at radius 3 is 2.88 bits per heavy atom. The molecule has 0 N–H and O–H groups in total. The Hall–Kier alpha value is -2.57. The van der Waals surface area contributed by atoms with Gasteiger partial charge in [-0.25, -0.2) is 0 Å². The Kier molecular flexibility index (Phi) is 5.75. The lowest BCUT2D eigenvalue weighted by Crippen LogP contribution is -2.44. The highest BCUT2D eigenvalue weighted by Crippen LogP contribution is 2.30. The van der Waals surface area contributed by atoms with Crippen molar-refractivity contribution < 1.29 is 23.9 Å². The summed E-state index contributed by atoms with van der Waals surface area (Å²) in [4.78, 5) is 39.9. The molecule has 2 heterocycles. The van der Waals surface area contributed by atoms with Crippen LogP contribution in [0.3, 0.4) is 0 Å². The third kappa shape index (κ3) is 4.15. The molecule has 1 aromatic rings. The van der Waals surface area contributed by atoms with Crippen molar-refractivity contribution in [1.82, 2.24) is 4.90 Å². The van der Waals surface area contributed by atoms with Crippen LogP contribution in [0.5, 0.6) is 5.75 Å². The molecule has 0 radical (unpaired) electrons. The van der Waals surface area contributed by atoms with Gasteiger partial charge in [-0.3, -0.25) is 19.3 Å². The third-order valence-electron chi connectivity index (χ3n) is 4.80. The molecule has 0 aliphatic carbocycles. The fourth-order valence-corrected chi connectivity index (χ4v) is 3.36. The van der Waals surface area contributed by atoms with Crippen LogP contribution in [0.4, 0.5) is 5.69 Å². The number of amides is 2. The Labute approximate surface area is 152 Å². The van der Waals surface area contributed by atoms with Crippen LogP contribution in [0.2, 0.25) is 0 Å². The van der Waals surface area contributed by atoms with Gasteiger partial charge in [0.1, 0.15) is 12.3 Å². The van der Waals surface area contributed by atoms with Crippen molar-refractivity contribution in [3.05, 3.63) is 24.3 Å². The molecule has 140 valence electrons. The minimum atomic E-state index is -0.604. The molecular weight excluding hydrogens is 336 g/mol. The predicted molar refractivity (Wildman–Crippen MR) is 94.9 cm³/mol. The minimum Gasteiger partial charge on any atom is -0.491 e. The zero-order valence-corrected chi connectivity index (χ0v) is 15.0. The first-order chi connectivity index (χ1) is 12.6. The number of benzene rings is 1. The third-order valence-corrected chi connectivity index (χ3v) is 4.80. The number of carbonyl (C=O) groups is 3. The van der Waals surface area contributed by atoms with Crippen molar-refractivity contribution in [2.24, 2.45) is 0 Å². The summed E-state index contributed by atoms with van der Waals surface area (Å²) in [6.07, 6.45) is 3.25. The molecule has 0 bridgehead atoms. The van der Waals surface area contributed by atoms with Crippen LogP contribution in [0, 0.1) is 0 Å². The summed E-state index contributed by atoms with van der Waals surface area (Å²) in [6, 6.07) is 7.25. The van der Waals surface area contributed by atoms with E-state index >= 15 is 0 Å². The van der Waals surface area contributed by atoms with Crippen LogP contribution in [-0.4, -0.2) is 55.0 Å². The van der Waals surface area contributed by atoms with Crippen molar-refractivity contribution in [2.45, 2.75) is 38.6 Å². The Bertz CT molecular complexity index is 690. The van der Waals surface area contributed by atoms with E-state index in [1.807, 2.05) is 13.0 Å². The van der Waals surface area contributed by atoms with Gasteiger partial charge in [0.05, 0.1) is 18.7 Å². The number of rotatable bonds is 4. The normalized spacial score (nSPS) is 20.0. The summed E-state index contributed by atoms with van der Waals surface area (Å²) in [7, 11) is 0. The Morgan fingerprint density at radius 2 is 2.08 bits per heavy atom. The molecule has 0 spiro atoms. The number of esters is 1. The lowest BCUT2D eigenvalue weighted by Gasteiger charge is -2.33. The molecule has 7 heteroatoms. The van der Waals surface area contributed by atoms with Crippen LogP contribution in [0.1, 0.15) is 32.6 Å². The quantitative estimate of drug-likeness (QED) is 0.765. The maximum Gasteiger partial charge on any atom is 0.326 e. The summed E-state index contributed by atoms with van der Waals surface area (Å²) in [5.41, 5.74) is 0.544. The number of carbonyl (C=O) groups excluding carboxylic acids is 3. The van der Waals surface area contributed by atoms with E-state index in [0.29, 0.717) is 18.0 Å². The topological polar surface area (TPSA) is 76.2 Å². The first-order valence-corrected chi connectivity index (χ1v) is 9.03. The number of hydrogen-bond acceptors (Lipinski definition) is 5. The minimum absolute atomic E-state index is 0.172. The van der Waals surface area contributed by atoms with Crippen molar-refractivity contribution in [3.8, 4) is 5.75 Å². The van der Waals surface area contributed by atoms with Gasteiger partial charge in [-0.2, -0.15) is 0 Å². The number of fused-ring (bicyclic) bond motifs is 1. The predicted octanol–water partition coefficient (Wildman–Crippen LogP) is 1.75. The number of nitrogens with zero attached hydrogens (tertiary/aromatic N) is 2. The number of hydrogen-bond donors (Lipinski definition) is 0. The molecule has 2 amide bonds. The van der Waals surface area contributed by atoms with E-state index in [1.165, 1.54) is 4.90 Å². The number of likely N-dealkylation sites (tertiary alicyclic amines) is 1. The van der Waals surface area contributed by atoms with E-state index < -0.39 is 5.97 Å². The van der Waals surface area contributed by atoms with Gasteiger partial charge in [0.25, 0.3) is 5.91 Å². The standard InChI is InChI=1S/C19H24N2O5/c1-14-6-4-5-10-20(14)18(23)13-26-19(24)12-21-15-7-2-3-8-16(15)25-11-9-17(21)22/h2-3,7-8,14H,4-6,9-13H2,1H3/t14-/m1/s1. The Morgan fingerprint density at radius 1 is 1.27 bits per heavy atom. The first kappa shape index (κ1) is 18.2. The van der Waals surface area contributed by atoms with Crippen molar-refractivity contribution >= 4 is 23.5 Å². The summed E-state index contributed by atoms with van der Waals surface area (Å²) < 4.78 is 10.7. The van der Waals surface area contributed by atoms with Crippen LogP contribution in [-0.2, 0) is 19.1 Å². The summed E-state index contributed by atoms with van der Waals surface area (Å²) in [5, 5.41) is 0. The van der Waals surface area contributed by atoms with Gasteiger partial charge in [-0.1, -0.05) is 12.1 Å². The molecule has 2 aliphatic heterocycles.